The Morgan fingerprint density at radius 3 is 2.38 bits per heavy atom. The van der Waals surface area contributed by atoms with E-state index in [1.165, 1.54) is 0 Å². The maximum Gasteiger partial charge on any atom is 0.416 e. The zero-order valence-electron chi connectivity index (χ0n) is 12.9. The summed E-state index contributed by atoms with van der Waals surface area (Å²) in [5.74, 6) is 0.476. The van der Waals surface area contributed by atoms with Gasteiger partial charge >= 0.3 is 6.18 Å². The van der Waals surface area contributed by atoms with Crippen LogP contribution in [0, 0.1) is 0 Å². The van der Waals surface area contributed by atoms with Gasteiger partial charge < -0.3 is 15.5 Å². The molecule has 1 heterocycles. The van der Waals surface area contributed by atoms with Crippen molar-refractivity contribution in [3.63, 3.8) is 0 Å². The van der Waals surface area contributed by atoms with Crippen molar-refractivity contribution in [3.05, 3.63) is 17.7 Å². The molecule has 0 aliphatic heterocycles. The van der Waals surface area contributed by atoms with Gasteiger partial charge in [0.2, 0.25) is 0 Å². The summed E-state index contributed by atoms with van der Waals surface area (Å²) in [7, 11) is 3.82. The number of rotatable bonds is 7. The normalized spacial score (nSPS) is 13.3. The minimum absolute atomic E-state index is 0.00462. The lowest BCUT2D eigenvalue weighted by molar-refractivity contribution is -0.137. The van der Waals surface area contributed by atoms with Gasteiger partial charge in [-0.15, -0.1) is 0 Å². The Bertz CT molecular complexity index is 446. The summed E-state index contributed by atoms with van der Waals surface area (Å²) in [6, 6.07) is 2.08. The molecule has 0 saturated heterocycles. The lowest BCUT2D eigenvalue weighted by Crippen LogP contribution is -2.30. The Labute approximate surface area is 123 Å². The third-order valence-corrected chi connectivity index (χ3v) is 2.74. The van der Waals surface area contributed by atoms with Gasteiger partial charge in [0.1, 0.15) is 11.6 Å². The van der Waals surface area contributed by atoms with Crippen LogP contribution in [0.1, 0.15) is 25.8 Å². The van der Waals surface area contributed by atoms with Crippen molar-refractivity contribution < 1.29 is 13.2 Å². The molecule has 0 fully saturated rings. The first-order valence-electron chi connectivity index (χ1n) is 6.96. The van der Waals surface area contributed by atoms with Crippen LogP contribution in [0.25, 0.3) is 0 Å². The van der Waals surface area contributed by atoms with Gasteiger partial charge in [-0.05, 0) is 39.6 Å². The predicted molar refractivity (Wildman–Crippen MR) is 79.7 cm³/mol. The van der Waals surface area contributed by atoms with Crippen molar-refractivity contribution in [1.29, 1.82) is 0 Å². The van der Waals surface area contributed by atoms with E-state index in [0.29, 0.717) is 13.1 Å². The molecule has 0 bridgehead atoms. The van der Waals surface area contributed by atoms with Crippen LogP contribution in [0.3, 0.4) is 0 Å². The molecule has 1 aromatic heterocycles. The zero-order valence-corrected chi connectivity index (χ0v) is 12.9. The van der Waals surface area contributed by atoms with E-state index in [-0.39, 0.29) is 17.7 Å². The number of pyridine rings is 1. The minimum Gasteiger partial charge on any atom is -0.370 e. The van der Waals surface area contributed by atoms with Crippen LogP contribution in [0.5, 0.6) is 0 Å². The second-order valence-electron chi connectivity index (χ2n) is 5.36. The summed E-state index contributed by atoms with van der Waals surface area (Å²) in [6.07, 6.45) is -3.56. The number of halogens is 3. The molecule has 0 aromatic carbocycles. The zero-order chi connectivity index (χ0) is 16.0. The minimum atomic E-state index is -4.38. The molecule has 21 heavy (non-hydrogen) atoms. The Morgan fingerprint density at radius 2 is 1.86 bits per heavy atom. The quantitative estimate of drug-likeness (QED) is 0.811. The molecule has 1 rings (SSSR count). The highest BCUT2D eigenvalue weighted by Crippen LogP contribution is 2.32. The Balaban J connectivity index is 2.95. The number of hydrogen-bond acceptors (Lipinski definition) is 4. The lowest BCUT2D eigenvalue weighted by Gasteiger charge is -2.20. The summed E-state index contributed by atoms with van der Waals surface area (Å²) >= 11 is 0. The van der Waals surface area contributed by atoms with E-state index in [1.807, 2.05) is 32.8 Å². The van der Waals surface area contributed by atoms with E-state index in [2.05, 4.69) is 15.6 Å². The first-order chi connectivity index (χ1) is 9.72. The van der Waals surface area contributed by atoms with Crippen molar-refractivity contribution in [2.24, 2.45) is 0 Å². The van der Waals surface area contributed by atoms with Gasteiger partial charge in [0.15, 0.2) is 0 Å². The fourth-order valence-electron chi connectivity index (χ4n) is 1.96. The van der Waals surface area contributed by atoms with Crippen LogP contribution in [-0.4, -0.2) is 43.1 Å². The second kappa shape index (κ2) is 7.49. The molecule has 120 valence electrons. The summed E-state index contributed by atoms with van der Waals surface area (Å²) in [5.41, 5.74) is -0.698. The smallest absolute Gasteiger partial charge is 0.370 e. The molecule has 0 radical (unpaired) electrons. The van der Waals surface area contributed by atoms with Gasteiger partial charge in [0.25, 0.3) is 0 Å². The topological polar surface area (TPSA) is 40.2 Å². The molecule has 2 N–H and O–H groups in total. The number of hydrogen-bond donors (Lipinski definition) is 2. The van der Waals surface area contributed by atoms with Crippen LogP contribution >= 0.6 is 0 Å². The molecule has 4 nitrogen and oxygen atoms in total. The largest absolute Gasteiger partial charge is 0.416 e. The molecular weight excluding hydrogens is 281 g/mol. The number of nitrogens with one attached hydrogen (secondary N) is 2. The molecule has 0 aliphatic carbocycles. The Hall–Kier alpha value is -1.50. The van der Waals surface area contributed by atoms with Crippen molar-refractivity contribution in [2.45, 2.75) is 32.5 Å². The summed E-state index contributed by atoms with van der Waals surface area (Å²) in [5, 5.41) is 5.91. The highest BCUT2D eigenvalue weighted by atomic mass is 19.4. The summed E-state index contributed by atoms with van der Waals surface area (Å²) in [4.78, 5) is 6.15. The fraction of sp³-hybridized carbons (Fsp3) is 0.643. The highest BCUT2D eigenvalue weighted by molar-refractivity contribution is 5.50. The summed E-state index contributed by atoms with van der Waals surface area (Å²) in [6.45, 7) is 5.14. The van der Waals surface area contributed by atoms with Crippen LogP contribution in [0.4, 0.5) is 24.8 Å². The van der Waals surface area contributed by atoms with Crippen LogP contribution in [0.2, 0.25) is 0 Å². The van der Waals surface area contributed by atoms with E-state index in [4.69, 9.17) is 0 Å². The number of alkyl halides is 3. The first kappa shape index (κ1) is 17.6. The van der Waals surface area contributed by atoms with E-state index in [1.54, 1.807) is 0 Å². The van der Waals surface area contributed by atoms with Gasteiger partial charge in [0.05, 0.1) is 5.56 Å². The van der Waals surface area contributed by atoms with Gasteiger partial charge in [-0.2, -0.15) is 13.2 Å². The summed E-state index contributed by atoms with van der Waals surface area (Å²) < 4.78 is 38.8. The van der Waals surface area contributed by atoms with E-state index in [0.717, 1.165) is 18.6 Å². The average molecular weight is 304 g/mol. The maximum absolute atomic E-state index is 12.9. The number of anilines is 2. The highest BCUT2D eigenvalue weighted by Gasteiger charge is 2.31. The Kier molecular flexibility index (Phi) is 6.26. The van der Waals surface area contributed by atoms with E-state index < -0.39 is 11.7 Å². The van der Waals surface area contributed by atoms with Gasteiger partial charge in [0, 0.05) is 19.1 Å². The SMILES string of the molecule is CCCNc1cc(C(F)(F)F)cc(NC(C)CN(C)C)n1. The number of nitrogens with zero attached hydrogens (tertiary/aromatic N) is 2. The van der Waals surface area contributed by atoms with E-state index in [9.17, 15) is 13.2 Å². The van der Waals surface area contributed by atoms with Crippen molar-refractivity contribution >= 4 is 11.6 Å². The fourth-order valence-corrected chi connectivity index (χ4v) is 1.96. The predicted octanol–water partition coefficient (Wildman–Crippen LogP) is 3.28. The lowest BCUT2D eigenvalue weighted by atomic mass is 10.2. The van der Waals surface area contributed by atoms with Crippen molar-refractivity contribution in [2.75, 3.05) is 37.8 Å². The van der Waals surface area contributed by atoms with Crippen LogP contribution < -0.4 is 10.6 Å². The molecule has 7 heteroatoms. The molecule has 1 aromatic rings. The van der Waals surface area contributed by atoms with E-state index >= 15 is 0 Å². The molecule has 1 unspecified atom stereocenters. The maximum atomic E-state index is 12.9. The molecular formula is C14H23F3N4. The second-order valence-corrected chi connectivity index (χ2v) is 5.36. The molecule has 0 aliphatic rings. The van der Waals surface area contributed by atoms with Crippen LogP contribution in [0.15, 0.2) is 12.1 Å². The average Bonchev–Trinajstić information content (AvgIpc) is 2.33. The number of aromatic nitrogens is 1. The van der Waals surface area contributed by atoms with Gasteiger partial charge in [-0.3, -0.25) is 0 Å². The van der Waals surface area contributed by atoms with Crippen molar-refractivity contribution in [1.82, 2.24) is 9.88 Å². The monoisotopic (exact) mass is 304 g/mol. The van der Waals surface area contributed by atoms with Gasteiger partial charge in [-0.25, -0.2) is 4.98 Å². The molecule has 0 amide bonds. The third kappa shape index (κ3) is 6.20. The standard InChI is InChI=1S/C14H23F3N4/c1-5-6-18-12-7-11(14(15,16)17)8-13(20-12)19-10(2)9-21(3)4/h7-8,10H,5-6,9H2,1-4H3,(H2,18,19,20). The molecule has 0 spiro atoms. The van der Waals surface area contributed by atoms with Crippen LogP contribution in [-0.2, 0) is 6.18 Å². The molecule has 0 saturated carbocycles. The van der Waals surface area contributed by atoms with Crippen molar-refractivity contribution in [3.8, 4) is 0 Å². The Morgan fingerprint density at radius 1 is 1.24 bits per heavy atom. The van der Waals surface area contributed by atoms with Gasteiger partial charge in [-0.1, -0.05) is 6.92 Å². The number of likely N-dealkylation sites (N-methyl/N-ethyl adjacent to an activating group) is 1. The first-order valence-corrected chi connectivity index (χ1v) is 6.96. The third-order valence-electron chi connectivity index (χ3n) is 2.74. The molecule has 1 atom stereocenters.